The Bertz CT molecular complexity index is 1270. The Morgan fingerprint density at radius 1 is 1.13 bits per heavy atom. The number of carbonyl (C=O) groups is 1. The number of aromatic nitrogens is 2. The Balaban J connectivity index is 1.60. The van der Waals surface area contributed by atoms with Crippen molar-refractivity contribution in [3.8, 4) is 5.75 Å². The number of methoxy groups -OCH3 is 1. The van der Waals surface area contributed by atoms with Crippen LogP contribution in [0.25, 0.3) is 22.4 Å². The zero-order chi connectivity index (χ0) is 21.3. The van der Waals surface area contributed by atoms with E-state index in [0.29, 0.717) is 10.8 Å². The van der Waals surface area contributed by atoms with Gasteiger partial charge >= 0.3 is 0 Å². The molecule has 4 aromatic rings. The monoisotopic (exact) mass is 443 g/mol. The van der Waals surface area contributed by atoms with Crippen molar-refractivity contribution in [2.45, 2.75) is 6.92 Å². The van der Waals surface area contributed by atoms with Gasteiger partial charge in [0.1, 0.15) is 22.4 Å². The van der Waals surface area contributed by atoms with Crippen molar-refractivity contribution in [1.29, 1.82) is 0 Å². The third kappa shape index (κ3) is 4.07. The number of ether oxygens (including phenoxy) is 1. The number of anilines is 2. The predicted molar refractivity (Wildman–Crippen MR) is 116 cm³/mol. The number of hydrogen-bond donors (Lipinski definition) is 0. The highest BCUT2D eigenvalue weighted by molar-refractivity contribution is 7.19. The number of rotatable bonds is 5. The smallest absolute Gasteiger partial charge is 0.230 e. The second-order valence-electron chi connectivity index (χ2n) is 6.22. The third-order valence-electron chi connectivity index (χ3n) is 4.18. The lowest BCUT2D eigenvalue weighted by Gasteiger charge is -2.18. The van der Waals surface area contributed by atoms with Crippen molar-refractivity contribution in [3.63, 3.8) is 0 Å². The van der Waals surface area contributed by atoms with Crippen molar-refractivity contribution in [2.24, 2.45) is 0 Å². The summed E-state index contributed by atoms with van der Waals surface area (Å²) in [6.07, 6.45) is 3.60. The number of nitrogens with zero attached hydrogens (tertiary/aromatic N) is 3. The second-order valence-corrected chi connectivity index (χ2v) is 8.12. The zero-order valence-corrected chi connectivity index (χ0v) is 17.6. The van der Waals surface area contributed by atoms with Crippen molar-refractivity contribution in [3.05, 3.63) is 64.1 Å². The van der Waals surface area contributed by atoms with E-state index < -0.39 is 17.5 Å². The molecule has 0 saturated carbocycles. The molecule has 0 unspecified atom stereocenters. The van der Waals surface area contributed by atoms with Crippen LogP contribution in [0.2, 0.25) is 0 Å². The first-order valence-electron chi connectivity index (χ1n) is 8.78. The number of halogens is 2. The standard InChI is InChI=1S/C21H15F2N3O2S2/c1-12(27)26(18-7-3-13(22)9-16(18)23)21-24-14(11-29-21)4-8-20-25-17-6-5-15(28-2)10-19(17)30-20/h3-11H,1-2H3/b8-4+. The molecule has 0 saturated heterocycles. The van der Waals surface area contributed by atoms with Gasteiger partial charge in [0.25, 0.3) is 0 Å². The first kappa shape index (κ1) is 20.1. The summed E-state index contributed by atoms with van der Waals surface area (Å²) in [6, 6.07) is 8.73. The molecule has 2 aromatic carbocycles. The highest BCUT2D eigenvalue weighted by Crippen LogP contribution is 2.32. The summed E-state index contributed by atoms with van der Waals surface area (Å²) in [5.74, 6) is -1.20. The van der Waals surface area contributed by atoms with E-state index >= 15 is 0 Å². The van der Waals surface area contributed by atoms with Gasteiger partial charge in [0.05, 0.1) is 28.7 Å². The zero-order valence-electron chi connectivity index (χ0n) is 15.9. The summed E-state index contributed by atoms with van der Waals surface area (Å²) in [5.41, 5.74) is 1.42. The average Bonchev–Trinajstić information content (AvgIpc) is 3.34. The van der Waals surface area contributed by atoms with Crippen molar-refractivity contribution < 1.29 is 18.3 Å². The number of fused-ring (bicyclic) bond motifs is 1. The molecule has 0 aliphatic carbocycles. The van der Waals surface area contributed by atoms with Crippen LogP contribution in [0.5, 0.6) is 5.75 Å². The molecule has 30 heavy (non-hydrogen) atoms. The normalized spacial score (nSPS) is 11.3. The van der Waals surface area contributed by atoms with E-state index in [0.717, 1.165) is 38.0 Å². The molecular formula is C21H15F2N3O2S2. The summed E-state index contributed by atoms with van der Waals surface area (Å²) >= 11 is 2.70. The van der Waals surface area contributed by atoms with Gasteiger partial charge in [-0.05, 0) is 42.5 Å². The molecule has 4 rings (SSSR count). The van der Waals surface area contributed by atoms with Crippen LogP contribution >= 0.6 is 22.7 Å². The fourth-order valence-corrected chi connectivity index (χ4v) is 4.55. The van der Waals surface area contributed by atoms with E-state index in [1.165, 1.54) is 35.7 Å². The first-order chi connectivity index (χ1) is 14.4. The van der Waals surface area contributed by atoms with Crippen LogP contribution in [-0.4, -0.2) is 23.0 Å². The van der Waals surface area contributed by atoms with Gasteiger partial charge in [-0.2, -0.15) is 0 Å². The van der Waals surface area contributed by atoms with Crippen LogP contribution < -0.4 is 9.64 Å². The van der Waals surface area contributed by atoms with Gasteiger partial charge in [0, 0.05) is 18.4 Å². The van der Waals surface area contributed by atoms with E-state index in [9.17, 15) is 13.6 Å². The SMILES string of the molecule is COc1ccc2nc(/C=C/c3csc(N(C(C)=O)c4ccc(F)cc4F)n3)sc2c1. The van der Waals surface area contributed by atoms with Crippen molar-refractivity contribution in [2.75, 3.05) is 12.0 Å². The number of thiazole rings is 2. The molecule has 0 N–H and O–H groups in total. The van der Waals surface area contributed by atoms with Crippen LogP contribution in [0.3, 0.4) is 0 Å². The summed E-state index contributed by atoms with van der Waals surface area (Å²) in [4.78, 5) is 22.2. The van der Waals surface area contributed by atoms with Gasteiger partial charge in [0.15, 0.2) is 5.13 Å². The topological polar surface area (TPSA) is 55.3 Å². The second kappa shape index (κ2) is 8.29. The summed E-state index contributed by atoms with van der Waals surface area (Å²) in [5, 5.41) is 2.84. The van der Waals surface area contributed by atoms with Gasteiger partial charge in [-0.25, -0.2) is 18.7 Å². The highest BCUT2D eigenvalue weighted by Gasteiger charge is 2.21. The van der Waals surface area contributed by atoms with E-state index in [4.69, 9.17) is 4.74 Å². The molecule has 0 aliphatic heterocycles. The Hall–Kier alpha value is -3.17. The molecule has 1 amide bonds. The lowest BCUT2D eigenvalue weighted by molar-refractivity contribution is -0.115. The maximum absolute atomic E-state index is 14.2. The van der Waals surface area contributed by atoms with Crippen LogP contribution in [-0.2, 0) is 4.79 Å². The molecule has 0 bridgehead atoms. The average molecular weight is 444 g/mol. The number of amides is 1. The van der Waals surface area contributed by atoms with Gasteiger partial charge in [-0.15, -0.1) is 22.7 Å². The summed E-state index contributed by atoms with van der Waals surface area (Å²) < 4.78 is 33.6. The van der Waals surface area contributed by atoms with E-state index in [1.807, 2.05) is 24.3 Å². The minimum Gasteiger partial charge on any atom is -0.497 e. The first-order valence-corrected chi connectivity index (χ1v) is 10.5. The fraction of sp³-hybridized carbons (Fsp3) is 0.0952. The van der Waals surface area contributed by atoms with Crippen molar-refractivity contribution >= 4 is 61.8 Å². The molecule has 9 heteroatoms. The molecule has 0 aliphatic rings. The van der Waals surface area contributed by atoms with Crippen molar-refractivity contribution in [1.82, 2.24) is 9.97 Å². The number of carbonyl (C=O) groups excluding carboxylic acids is 1. The lowest BCUT2D eigenvalue weighted by atomic mass is 10.2. The molecule has 2 heterocycles. The Kier molecular flexibility index (Phi) is 5.56. The van der Waals surface area contributed by atoms with E-state index in [-0.39, 0.29) is 5.69 Å². The number of hydrogen-bond acceptors (Lipinski definition) is 6. The molecule has 0 atom stereocenters. The van der Waals surface area contributed by atoms with Gasteiger partial charge in [-0.3, -0.25) is 9.69 Å². The largest absolute Gasteiger partial charge is 0.497 e. The summed E-state index contributed by atoms with van der Waals surface area (Å²) in [7, 11) is 1.62. The Labute approximate surface area is 178 Å². The molecule has 0 radical (unpaired) electrons. The van der Waals surface area contributed by atoms with E-state index in [1.54, 1.807) is 18.6 Å². The molecule has 0 spiro atoms. The van der Waals surface area contributed by atoms with Crippen LogP contribution in [0.15, 0.2) is 41.8 Å². The molecular weight excluding hydrogens is 428 g/mol. The van der Waals surface area contributed by atoms with Gasteiger partial charge in [-0.1, -0.05) is 0 Å². The molecule has 5 nitrogen and oxygen atoms in total. The number of benzene rings is 2. The van der Waals surface area contributed by atoms with E-state index in [2.05, 4.69) is 9.97 Å². The maximum Gasteiger partial charge on any atom is 0.230 e. The molecule has 152 valence electrons. The predicted octanol–water partition coefficient (Wildman–Crippen LogP) is 5.89. The fourth-order valence-electron chi connectivity index (χ4n) is 2.80. The maximum atomic E-state index is 14.2. The van der Waals surface area contributed by atoms with Crippen LogP contribution in [0.1, 0.15) is 17.6 Å². The highest BCUT2D eigenvalue weighted by atomic mass is 32.1. The van der Waals surface area contributed by atoms with Gasteiger partial charge < -0.3 is 4.74 Å². The molecule has 2 aromatic heterocycles. The van der Waals surface area contributed by atoms with Crippen LogP contribution in [0.4, 0.5) is 19.6 Å². The Morgan fingerprint density at radius 3 is 2.70 bits per heavy atom. The minimum absolute atomic E-state index is 0.0473. The Morgan fingerprint density at radius 2 is 1.97 bits per heavy atom. The quantitative estimate of drug-likeness (QED) is 0.386. The lowest BCUT2D eigenvalue weighted by Crippen LogP contribution is -2.23. The van der Waals surface area contributed by atoms with Crippen LogP contribution in [0, 0.1) is 11.6 Å². The minimum atomic E-state index is -0.831. The molecule has 0 fully saturated rings. The van der Waals surface area contributed by atoms with Gasteiger partial charge in [0.2, 0.25) is 5.91 Å². The summed E-state index contributed by atoms with van der Waals surface area (Å²) in [6.45, 7) is 1.30. The third-order valence-corrected chi connectivity index (χ3v) is 6.00.